The van der Waals surface area contributed by atoms with Crippen molar-refractivity contribution in [2.24, 2.45) is 4.99 Å². The maximum Gasteiger partial charge on any atom is 0.264 e. The van der Waals surface area contributed by atoms with E-state index in [-0.39, 0.29) is 11.7 Å². The van der Waals surface area contributed by atoms with Crippen molar-refractivity contribution in [1.29, 1.82) is 0 Å². The molecule has 7 heteroatoms. The highest BCUT2D eigenvalue weighted by Crippen LogP contribution is 2.31. The van der Waals surface area contributed by atoms with E-state index < -0.39 is 0 Å². The number of phenols is 1. The molecule has 4 nitrogen and oxygen atoms in total. The average molecular weight is 410 g/mol. The van der Waals surface area contributed by atoms with Crippen LogP contribution in [0.5, 0.6) is 5.75 Å². The highest BCUT2D eigenvalue weighted by atomic mass is 79.9. The number of nitrogens with zero attached hydrogens (tertiary/aromatic N) is 1. The van der Waals surface area contributed by atoms with Crippen molar-refractivity contribution in [2.75, 3.05) is 0 Å². The van der Waals surface area contributed by atoms with E-state index in [2.05, 4.69) is 26.2 Å². The molecule has 0 atom stereocenters. The lowest BCUT2D eigenvalue weighted by Crippen LogP contribution is -2.19. The van der Waals surface area contributed by atoms with E-state index in [1.54, 1.807) is 18.2 Å². The summed E-state index contributed by atoms with van der Waals surface area (Å²) < 4.78 is 0.960. The predicted molar refractivity (Wildman–Crippen MR) is 98.1 cm³/mol. The Morgan fingerprint density at radius 3 is 2.70 bits per heavy atom. The molecule has 1 saturated heterocycles. The molecule has 23 heavy (non-hydrogen) atoms. The molecule has 2 aromatic rings. The number of carbonyl (C=O) groups excluding carboxylic acids is 1. The molecule has 1 aliphatic heterocycles. The minimum atomic E-state index is -0.259. The largest absolute Gasteiger partial charge is 0.507 e. The van der Waals surface area contributed by atoms with Crippen molar-refractivity contribution in [3.8, 4) is 5.75 Å². The number of nitrogens with one attached hydrogen (secondary N) is 1. The van der Waals surface area contributed by atoms with Gasteiger partial charge >= 0.3 is 0 Å². The van der Waals surface area contributed by atoms with Gasteiger partial charge in [0.25, 0.3) is 5.91 Å². The van der Waals surface area contributed by atoms with Gasteiger partial charge in [0.15, 0.2) is 5.17 Å². The second-order valence-corrected chi connectivity index (χ2v) is 7.04. The summed E-state index contributed by atoms with van der Waals surface area (Å²) in [5.41, 5.74) is 1.22. The number of rotatable bonds is 2. The van der Waals surface area contributed by atoms with Gasteiger partial charge in [-0.05, 0) is 60.3 Å². The van der Waals surface area contributed by atoms with Crippen LogP contribution < -0.4 is 5.32 Å². The van der Waals surface area contributed by atoms with Crippen molar-refractivity contribution in [3.05, 3.63) is 62.4 Å². The van der Waals surface area contributed by atoms with Crippen LogP contribution in [0.2, 0.25) is 5.02 Å². The van der Waals surface area contributed by atoms with Crippen molar-refractivity contribution in [1.82, 2.24) is 5.32 Å². The summed E-state index contributed by atoms with van der Waals surface area (Å²) in [4.78, 5) is 16.8. The SMILES string of the molecule is O=C1NC(=Nc2ccc(Br)cc2)S/C1=C/c1cc(Cl)ccc1O. The lowest BCUT2D eigenvalue weighted by Gasteiger charge is -2.00. The second kappa shape index (κ2) is 6.78. The van der Waals surface area contributed by atoms with Gasteiger partial charge in [0.1, 0.15) is 5.75 Å². The first kappa shape index (κ1) is 16.1. The van der Waals surface area contributed by atoms with Gasteiger partial charge in [-0.25, -0.2) is 4.99 Å². The molecule has 0 radical (unpaired) electrons. The van der Waals surface area contributed by atoms with Gasteiger partial charge in [-0.2, -0.15) is 0 Å². The Labute approximate surface area is 150 Å². The van der Waals surface area contributed by atoms with Crippen LogP contribution in [0, 0.1) is 0 Å². The molecule has 3 rings (SSSR count). The van der Waals surface area contributed by atoms with E-state index in [0.717, 1.165) is 10.2 Å². The first-order chi connectivity index (χ1) is 11.0. The van der Waals surface area contributed by atoms with Gasteiger partial charge in [-0.15, -0.1) is 0 Å². The number of phenolic OH excluding ortho intramolecular Hbond substituents is 1. The molecule has 0 aromatic heterocycles. The number of amides is 1. The zero-order valence-corrected chi connectivity index (χ0v) is 14.7. The predicted octanol–water partition coefficient (Wildman–Crippen LogP) is 4.70. The van der Waals surface area contributed by atoms with Crippen molar-refractivity contribution in [3.63, 3.8) is 0 Å². The maximum atomic E-state index is 12.0. The molecular weight excluding hydrogens is 400 g/mol. The molecule has 0 aliphatic carbocycles. The zero-order valence-electron chi connectivity index (χ0n) is 11.6. The molecule has 0 bridgehead atoms. The normalized spacial score (nSPS) is 17.7. The van der Waals surface area contributed by atoms with Crippen molar-refractivity contribution < 1.29 is 9.90 Å². The van der Waals surface area contributed by atoms with Crippen LogP contribution in [0.3, 0.4) is 0 Å². The Morgan fingerprint density at radius 2 is 1.96 bits per heavy atom. The zero-order chi connectivity index (χ0) is 16.4. The van der Waals surface area contributed by atoms with E-state index >= 15 is 0 Å². The topological polar surface area (TPSA) is 61.7 Å². The van der Waals surface area contributed by atoms with Gasteiger partial charge in [-0.1, -0.05) is 27.5 Å². The fraction of sp³-hybridized carbons (Fsp3) is 0. The first-order valence-corrected chi connectivity index (χ1v) is 8.54. The van der Waals surface area contributed by atoms with E-state index in [0.29, 0.717) is 20.7 Å². The molecule has 0 spiro atoms. The van der Waals surface area contributed by atoms with E-state index in [1.807, 2.05) is 24.3 Å². The summed E-state index contributed by atoms with van der Waals surface area (Å²) in [6, 6.07) is 12.1. The van der Waals surface area contributed by atoms with Crippen LogP contribution in [-0.2, 0) is 4.79 Å². The molecule has 0 unspecified atom stereocenters. The summed E-state index contributed by atoms with van der Waals surface area (Å²) >= 11 is 10.5. The van der Waals surface area contributed by atoms with Crippen LogP contribution in [-0.4, -0.2) is 16.2 Å². The van der Waals surface area contributed by atoms with E-state index in [1.165, 1.54) is 17.8 Å². The van der Waals surface area contributed by atoms with Crippen LogP contribution in [0.1, 0.15) is 5.56 Å². The molecule has 2 aromatic carbocycles. The smallest absolute Gasteiger partial charge is 0.264 e. The highest BCUT2D eigenvalue weighted by Gasteiger charge is 2.24. The summed E-state index contributed by atoms with van der Waals surface area (Å²) in [6.07, 6.45) is 1.59. The number of amidine groups is 1. The minimum Gasteiger partial charge on any atom is -0.507 e. The third-order valence-electron chi connectivity index (χ3n) is 2.98. The van der Waals surface area contributed by atoms with Gasteiger partial charge in [0, 0.05) is 15.1 Å². The van der Waals surface area contributed by atoms with Gasteiger partial charge in [0.05, 0.1) is 10.6 Å². The van der Waals surface area contributed by atoms with Gasteiger partial charge in [-0.3, -0.25) is 4.79 Å². The minimum absolute atomic E-state index is 0.0635. The molecule has 1 amide bonds. The third-order valence-corrected chi connectivity index (χ3v) is 4.66. The number of carbonyl (C=O) groups is 1. The van der Waals surface area contributed by atoms with Crippen LogP contribution in [0.15, 0.2) is 56.8 Å². The second-order valence-electron chi connectivity index (χ2n) is 4.66. The van der Waals surface area contributed by atoms with E-state index in [4.69, 9.17) is 11.6 Å². The lowest BCUT2D eigenvalue weighted by molar-refractivity contribution is -0.115. The van der Waals surface area contributed by atoms with Gasteiger partial charge in [0.2, 0.25) is 0 Å². The van der Waals surface area contributed by atoms with Crippen molar-refractivity contribution in [2.45, 2.75) is 0 Å². The number of benzene rings is 2. The quantitative estimate of drug-likeness (QED) is 0.707. The third kappa shape index (κ3) is 3.96. The Kier molecular flexibility index (Phi) is 4.75. The Hall–Kier alpha value is -1.76. The monoisotopic (exact) mass is 408 g/mol. The summed E-state index contributed by atoms with van der Waals surface area (Å²) in [5, 5.41) is 13.5. The Morgan fingerprint density at radius 1 is 1.22 bits per heavy atom. The first-order valence-electron chi connectivity index (χ1n) is 6.55. The van der Waals surface area contributed by atoms with Crippen molar-refractivity contribution >= 4 is 62.1 Å². The van der Waals surface area contributed by atoms with Crippen LogP contribution in [0.4, 0.5) is 5.69 Å². The summed E-state index contributed by atoms with van der Waals surface area (Å²) in [5.74, 6) is -0.196. The Bertz CT molecular complexity index is 834. The highest BCUT2D eigenvalue weighted by molar-refractivity contribution is 9.10. The summed E-state index contributed by atoms with van der Waals surface area (Å²) in [6.45, 7) is 0. The molecule has 1 fully saturated rings. The van der Waals surface area contributed by atoms with E-state index in [9.17, 15) is 9.90 Å². The molecule has 1 heterocycles. The number of thioether (sulfide) groups is 1. The fourth-order valence-corrected chi connectivity index (χ4v) is 3.17. The standard InChI is InChI=1S/C16H10BrClN2O2S/c17-10-1-4-12(5-2-10)19-16-20-15(22)14(23-16)8-9-7-11(18)3-6-13(9)21/h1-8,21H,(H,19,20,22)/b14-8+. The number of hydrogen-bond acceptors (Lipinski definition) is 4. The number of aliphatic imine (C=N–C) groups is 1. The van der Waals surface area contributed by atoms with Crippen LogP contribution >= 0.6 is 39.3 Å². The number of hydrogen-bond donors (Lipinski definition) is 2. The average Bonchev–Trinajstić information content (AvgIpc) is 2.85. The molecule has 116 valence electrons. The lowest BCUT2D eigenvalue weighted by atomic mass is 10.2. The molecule has 2 N–H and O–H groups in total. The summed E-state index contributed by atoms with van der Waals surface area (Å²) in [7, 11) is 0. The molecule has 0 saturated carbocycles. The molecule has 1 aliphatic rings. The number of aromatic hydroxyl groups is 1. The fourth-order valence-electron chi connectivity index (χ4n) is 1.90. The van der Waals surface area contributed by atoms with Gasteiger partial charge < -0.3 is 10.4 Å². The molecular formula is C16H10BrClN2O2S. The maximum absolute atomic E-state index is 12.0. The Balaban J connectivity index is 1.86. The van der Waals surface area contributed by atoms with Crippen LogP contribution in [0.25, 0.3) is 6.08 Å². The number of halogens is 2.